The molecule has 6 heteroatoms. The van der Waals surface area contributed by atoms with Crippen LogP contribution in [0.5, 0.6) is 11.5 Å². The molecule has 0 saturated carbocycles. The lowest BCUT2D eigenvalue weighted by Crippen LogP contribution is -2.17. The number of anilines is 1. The molecule has 17 heavy (non-hydrogen) atoms. The van der Waals surface area contributed by atoms with Crippen molar-refractivity contribution >= 4 is 15.5 Å². The van der Waals surface area contributed by atoms with Crippen molar-refractivity contribution in [2.45, 2.75) is 12.5 Å². The molecule has 1 aromatic rings. The third-order valence-electron chi connectivity index (χ3n) is 2.69. The minimum atomic E-state index is -2.92. The molecule has 2 rings (SSSR count). The van der Waals surface area contributed by atoms with E-state index >= 15 is 0 Å². The second kappa shape index (κ2) is 4.44. The summed E-state index contributed by atoms with van der Waals surface area (Å²) >= 11 is 0. The molecule has 5 nitrogen and oxygen atoms in total. The standard InChI is InChI=1S/C11H15NO4S/c1-15-11-3-2-8(6-10(11)12)16-9-4-5-17(13,14)7-9/h2-3,6,9H,4-5,7,12H2,1H3. The van der Waals surface area contributed by atoms with Gasteiger partial charge in [0.15, 0.2) is 9.84 Å². The number of nitrogens with two attached hydrogens (primary N) is 1. The average Bonchev–Trinajstić information content (AvgIpc) is 2.58. The fourth-order valence-electron chi connectivity index (χ4n) is 1.83. The number of hydrogen-bond donors (Lipinski definition) is 1. The molecule has 1 atom stereocenters. The van der Waals surface area contributed by atoms with E-state index in [0.717, 1.165) is 0 Å². The summed E-state index contributed by atoms with van der Waals surface area (Å²) < 4.78 is 33.2. The van der Waals surface area contributed by atoms with E-state index in [1.165, 1.54) is 7.11 Å². The predicted octanol–water partition coefficient (Wildman–Crippen LogP) is 0.843. The Balaban J connectivity index is 2.07. The molecule has 0 amide bonds. The highest BCUT2D eigenvalue weighted by molar-refractivity contribution is 7.91. The van der Waals surface area contributed by atoms with Crippen molar-refractivity contribution < 1.29 is 17.9 Å². The summed E-state index contributed by atoms with van der Waals surface area (Å²) in [4.78, 5) is 0. The number of sulfone groups is 1. The lowest BCUT2D eigenvalue weighted by Gasteiger charge is -2.13. The Labute approximate surface area is 100 Å². The number of nitrogen functional groups attached to an aromatic ring is 1. The maximum Gasteiger partial charge on any atom is 0.154 e. The smallest absolute Gasteiger partial charge is 0.154 e. The van der Waals surface area contributed by atoms with Gasteiger partial charge < -0.3 is 15.2 Å². The first-order chi connectivity index (χ1) is 8.00. The maximum absolute atomic E-state index is 11.3. The van der Waals surface area contributed by atoms with Crippen LogP contribution in [-0.2, 0) is 9.84 Å². The minimum Gasteiger partial charge on any atom is -0.495 e. The Morgan fingerprint density at radius 3 is 2.71 bits per heavy atom. The average molecular weight is 257 g/mol. The first kappa shape index (κ1) is 12.0. The molecule has 0 spiro atoms. The summed E-state index contributed by atoms with van der Waals surface area (Å²) in [5, 5.41) is 0. The van der Waals surface area contributed by atoms with E-state index < -0.39 is 9.84 Å². The van der Waals surface area contributed by atoms with Crippen molar-refractivity contribution in [2.24, 2.45) is 0 Å². The van der Waals surface area contributed by atoms with E-state index in [-0.39, 0.29) is 17.6 Å². The molecule has 1 saturated heterocycles. The highest BCUT2D eigenvalue weighted by atomic mass is 32.2. The second-order valence-electron chi connectivity index (χ2n) is 4.05. The van der Waals surface area contributed by atoms with Gasteiger partial charge in [0, 0.05) is 6.07 Å². The van der Waals surface area contributed by atoms with Crippen molar-refractivity contribution in [1.29, 1.82) is 0 Å². The van der Waals surface area contributed by atoms with Crippen LogP contribution in [0.15, 0.2) is 18.2 Å². The van der Waals surface area contributed by atoms with Crippen molar-refractivity contribution in [3.8, 4) is 11.5 Å². The Hall–Kier alpha value is -1.43. The van der Waals surface area contributed by atoms with Gasteiger partial charge in [0.05, 0.1) is 24.3 Å². The zero-order valence-corrected chi connectivity index (χ0v) is 10.4. The minimum absolute atomic E-state index is 0.0823. The van der Waals surface area contributed by atoms with Crippen LogP contribution in [0.1, 0.15) is 6.42 Å². The van der Waals surface area contributed by atoms with Crippen molar-refractivity contribution in [3.63, 3.8) is 0 Å². The van der Waals surface area contributed by atoms with Crippen molar-refractivity contribution in [1.82, 2.24) is 0 Å². The van der Waals surface area contributed by atoms with E-state index in [2.05, 4.69) is 0 Å². The van der Waals surface area contributed by atoms with Crippen LogP contribution in [0.4, 0.5) is 5.69 Å². The summed E-state index contributed by atoms with van der Waals surface area (Å²) in [6.45, 7) is 0. The predicted molar refractivity (Wildman–Crippen MR) is 65.1 cm³/mol. The quantitative estimate of drug-likeness (QED) is 0.812. The van der Waals surface area contributed by atoms with Gasteiger partial charge >= 0.3 is 0 Å². The van der Waals surface area contributed by atoms with Gasteiger partial charge in [0.2, 0.25) is 0 Å². The van der Waals surface area contributed by atoms with Gasteiger partial charge in [0.25, 0.3) is 0 Å². The van der Waals surface area contributed by atoms with Gasteiger partial charge in [-0.05, 0) is 18.6 Å². The van der Waals surface area contributed by atoms with Gasteiger partial charge in [-0.3, -0.25) is 0 Å². The molecular weight excluding hydrogens is 242 g/mol. The number of methoxy groups -OCH3 is 1. The van der Waals surface area contributed by atoms with Crippen LogP contribution >= 0.6 is 0 Å². The maximum atomic E-state index is 11.3. The summed E-state index contributed by atoms with van der Waals surface area (Å²) in [5.41, 5.74) is 6.21. The lowest BCUT2D eigenvalue weighted by atomic mass is 10.2. The molecule has 1 heterocycles. The SMILES string of the molecule is COc1ccc(OC2CCS(=O)(=O)C2)cc1N. The van der Waals surface area contributed by atoms with Crippen LogP contribution in [0.3, 0.4) is 0 Å². The van der Waals surface area contributed by atoms with E-state index in [0.29, 0.717) is 23.6 Å². The summed E-state index contributed by atoms with van der Waals surface area (Å²) in [7, 11) is -1.38. The Morgan fingerprint density at radius 2 is 2.18 bits per heavy atom. The highest BCUT2D eigenvalue weighted by Gasteiger charge is 2.29. The molecule has 94 valence electrons. The molecule has 1 fully saturated rings. The summed E-state index contributed by atoms with van der Waals surface area (Å²) in [5.74, 6) is 1.43. The molecule has 2 N–H and O–H groups in total. The molecule has 0 aromatic heterocycles. The van der Waals surface area contributed by atoms with Gasteiger partial charge in [-0.25, -0.2) is 8.42 Å². The highest BCUT2D eigenvalue weighted by Crippen LogP contribution is 2.28. The van der Waals surface area contributed by atoms with E-state index in [9.17, 15) is 8.42 Å². The van der Waals surface area contributed by atoms with Crippen LogP contribution in [0.25, 0.3) is 0 Å². The van der Waals surface area contributed by atoms with Crippen molar-refractivity contribution in [3.05, 3.63) is 18.2 Å². The number of ether oxygens (including phenoxy) is 2. The fraction of sp³-hybridized carbons (Fsp3) is 0.455. The molecule has 0 aliphatic carbocycles. The molecule has 1 aromatic carbocycles. The number of hydrogen-bond acceptors (Lipinski definition) is 5. The van der Waals surface area contributed by atoms with E-state index in [4.69, 9.17) is 15.2 Å². The van der Waals surface area contributed by atoms with Crippen LogP contribution in [0.2, 0.25) is 0 Å². The van der Waals surface area contributed by atoms with E-state index in [1.807, 2.05) is 0 Å². The fourth-order valence-corrected chi connectivity index (χ4v) is 3.42. The van der Waals surface area contributed by atoms with Crippen molar-refractivity contribution in [2.75, 3.05) is 24.3 Å². The largest absolute Gasteiger partial charge is 0.495 e. The first-order valence-corrected chi connectivity index (χ1v) is 7.13. The molecule has 1 aliphatic rings. The topological polar surface area (TPSA) is 78.6 Å². The van der Waals surface area contributed by atoms with Gasteiger partial charge in [-0.15, -0.1) is 0 Å². The molecule has 0 bridgehead atoms. The van der Waals surface area contributed by atoms with Gasteiger partial charge in [-0.1, -0.05) is 0 Å². The third kappa shape index (κ3) is 2.82. The second-order valence-corrected chi connectivity index (χ2v) is 6.28. The van der Waals surface area contributed by atoms with Crippen LogP contribution in [-0.4, -0.2) is 33.1 Å². The van der Waals surface area contributed by atoms with Gasteiger partial charge in [0.1, 0.15) is 17.6 Å². The molecule has 0 radical (unpaired) electrons. The summed E-state index contributed by atoms with van der Waals surface area (Å²) in [6.07, 6.45) is 0.265. The zero-order chi connectivity index (χ0) is 12.5. The Bertz CT molecular complexity index is 512. The van der Waals surface area contributed by atoms with E-state index in [1.54, 1.807) is 18.2 Å². The number of benzene rings is 1. The monoisotopic (exact) mass is 257 g/mol. The first-order valence-electron chi connectivity index (χ1n) is 5.31. The Morgan fingerprint density at radius 1 is 1.41 bits per heavy atom. The lowest BCUT2D eigenvalue weighted by molar-refractivity contribution is 0.229. The molecule has 1 unspecified atom stereocenters. The molecule has 1 aliphatic heterocycles. The Kier molecular flexibility index (Phi) is 3.15. The van der Waals surface area contributed by atoms with Crippen LogP contribution in [0, 0.1) is 0 Å². The van der Waals surface area contributed by atoms with Crippen LogP contribution < -0.4 is 15.2 Å². The summed E-state index contributed by atoms with van der Waals surface area (Å²) in [6, 6.07) is 5.07. The number of rotatable bonds is 3. The van der Waals surface area contributed by atoms with Gasteiger partial charge in [-0.2, -0.15) is 0 Å². The normalized spacial score (nSPS) is 22.3. The molecular formula is C11H15NO4S. The third-order valence-corrected chi connectivity index (χ3v) is 4.43. The zero-order valence-electron chi connectivity index (χ0n) is 9.55.